The van der Waals surface area contributed by atoms with Crippen LogP contribution < -0.4 is 0 Å². The molecule has 0 spiro atoms. The highest BCUT2D eigenvalue weighted by atomic mass is 31.2. The molecule has 0 aromatic heterocycles. The van der Waals surface area contributed by atoms with Gasteiger partial charge in [0, 0.05) is 12.8 Å². The number of rotatable bonds is 27. The number of carbonyl (C=O) groups excluding carboxylic acids is 2. The molecule has 10 heteroatoms. The quantitative estimate of drug-likeness (QED) is 0.0343. The van der Waals surface area contributed by atoms with Gasteiger partial charge in [-0.05, 0) is 38.5 Å². The molecule has 0 bridgehead atoms. The van der Waals surface area contributed by atoms with Crippen LogP contribution in [-0.2, 0) is 32.7 Å². The van der Waals surface area contributed by atoms with Gasteiger partial charge in [-0.15, -0.1) is 0 Å². The van der Waals surface area contributed by atoms with Crippen molar-refractivity contribution in [3.8, 4) is 0 Å². The molecule has 0 aromatic carbocycles. The molecule has 1 N–H and O–H groups in total. The number of hydrogen-bond acceptors (Lipinski definition) is 7. The van der Waals surface area contributed by atoms with Crippen LogP contribution in [0.5, 0.6) is 0 Å². The first-order valence-electron chi connectivity index (χ1n) is 15.6. The van der Waals surface area contributed by atoms with Crippen molar-refractivity contribution in [2.75, 3.05) is 47.5 Å². The zero-order chi connectivity index (χ0) is 30.8. The zero-order valence-corrected chi connectivity index (χ0v) is 27.4. The summed E-state index contributed by atoms with van der Waals surface area (Å²) in [6.45, 7) is 4.14. The van der Waals surface area contributed by atoms with Crippen LogP contribution in [0, 0.1) is 0 Å². The minimum atomic E-state index is -4.35. The van der Waals surface area contributed by atoms with Gasteiger partial charge in [0.15, 0.2) is 6.10 Å². The number of likely N-dealkylation sites (N-methyl/N-ethyl adjacent to an activating group) is 1. The summed E-state index contributed by atoms with van der Waals surface area (Å²) in [5.74, 6) is -0.849. The number of quaternary nitrogens is 1. The Morgan fingerprint density at radius 3 is 2.00 bits per heavy atom. The Balaban J connectivity index is 4.40. The number of ether oxygens (including phenoxy) is 2. The Kier molecular flexibility index (Phi) is 24.1. The number of allylic oxidation sites excluding steroid dienone is 4. The van der Waals surface area contributed by atoms with Gasteiger partial charge in [-0.3, -0.25) is 18.6 Å². The molecule has 0 aliphatic carbocycles. The smallest absolute Gasteiger partial charge is 0.462 e. The second kappa shape index (κ2) is 25.0. The molecule has 0 radical (unpaired) electrons. The van der Waals surface area contributed by atoms with E-state index in [2.05, 4.69) is 31.2 Å². The highest BCUT2D eigenvalue weighted by Gasteiger charge is 2.27. The lowest BCUT2D eigenvalue weighted by molar-refractivity contribution is -0.870. The Labute approximate surface area is 249 Å². The minimum absolute atomic E-state index is 0.0287. The number of esters is 2. The third-order valence-corrected chi connectivity index (χ3v) is 7.22. The van der Waals surface area contributed by atoms with Crippen molar-refractivity contribution in [3.05, 3.63) is 24.3 Å². The van der Waals surface area contributed by atoms with Crippen LogP contribution in [0.3, 0.4) is 0 Å². The van der Waals surface area contributed by atoms with Crippen molar-refractivity contribution in [2.45, 2.75) is 116 Å². The summed E-state index contributed by atoms with van der Waals surface area (Å²) in [7, 11) is 1.46. The maximum absolute atomic E-state index is 12.4. The zero-order valence-electron chi connectivity index (χ0n) is 26.5. The van der Waals surface area contributed by atoms with E-state index in [0.717, 1.165) is 64.2 Å². The monoisotopic (exact) mass is 604 g/mol. The SMILES string of the molecule is CCCC/C=C\C/C=C\CCCCCCCC(=O)OC(COC(=O)CCCCC)COP(=O)(O)OCC[N+](C)(C)C. The van der Waals surface area contributed by atoms with E-state index in [1.165, 1.54) is 12.8 Å². The van der Waals surface area contributed by atoms with E-state index in [9.17, 15) is 19.0 Å². The van der Waals surface area contributed by atoms with Crippen molar-refractivity contribution >= 4 is 19.8 Å². The summed E-state index contributed by atoms with van der Waals surface area (Å²) in [6, 6.07) is 0. The summed E-state index contributed by atoms with van der Waals surface area (Å²) in [5, 5.41) is 0. The van der Waals surface area contributed by atoms with Gasteiger partial charge in [-0.2, -0.15) is 0 Å². The summed E-state index contributed by atoms with van der Waals surface area (Å²) in [5.41, 5.74) is 0. The van der Waals surface area contributed by atoms with E-state index in [-0.39, 0.29) is 26.1 Å². The van der Waals surface area contributed by atoms with Gasteiger partial charge in [0.25, 0.3) is 0 Å². The van der Waals surface area contributed by atoms with Gasteiger partial charge in [-0.1, -0.05) is 83.1 Å². The Bertz CT molecular complexity index is 779. The van der Waals surface area contributed by atoms with E-state index in [0.29, 0.717) is 17.4 Å². The highest BCUT2D eigenvalue weighted by Crippen LogP contribution is 2.43. The van der Waals surface area contributed by atoms with E-state index in [1.54, 1.807) is 0 Å². The summed E-state index contributed by atoms with van der Waals surface area (Å²) in [6.07, 6.45) is 21.6. The van der Waals surface area contributed by atoms with Crippen LogP contribution >= 0.6 is 7.82 Å². The fraction of sp³-hybridized carbons (Fsp3) is 0.806. The average Bonchev–Trinajstić information content (AvgIpc) is 2.89. The lowest BCUT2D eigenvalue weighted by atomic mass is 10.1. The third kappa shape index (κ3) is 28.4. The fourth-order valence-corrected chi connectivity index (χ4v) is 4.42. The lowest BCUT2D eigenvalue weighted by Gasteiger charge is -2.24. The highest BCUT2D eigenvalue weighted by molar-refractivity contribution is 7.47. The number of hydrogen-bond donors (Lipinski definition) is 1. The molecule has 0 aliphatic heterocycles. The fourth-order valence-electron chi connectivity index (χ4n) is 3.67. The van der Waals surface area contributed by atoms with Crippen LogP contribution in [0.4, 0.5) is 0 Å². The normalized spacial score (nSPS) is 14.4. The van der Waals surface area contributed by atoms with Crippen molar-refractivity contribution in [3.63, 3.8) is 0 Å². The molecule has 0 amide bonds. The number of nitrogens with zero attached hydrogens (tertiary/aromatic N) is 1. The second-order valence-electron chi connectivity index (χ2n) is 11.5. The Morgan fingerprint density at radius 2 is 1.34 bits per heavy atom. The standard InChI is InChI=1S/C31H58NO8P/c1-6-8-10-11-12-13-14-15-16-17-18-19-20-22-24-31(34)40-29(27-37-30(33)23-21-9-7-2)28-39-41(35,36)38-26-25-32(3,4)5/h11-12,14-15,29H,6-10,13,16-28H2,1-5H3/p+1/b12-11-,15-14-. The maximum atomic E-state index is 12.4. The summed E-state index contributed by atoms with van der Waals surface area (Å²) < 4.78 is 33.6. The van der Waals surface area contributed by atoms with E-state index in [4.69, 9.17) is 18.5 Å². The predicted molar refractivity (Wildman–Crippen MR) is 164 cm³/mol. The van der Waals surface area contributed by atoms with Gasteiger partial charge < -0.3 is 18.9 Å². The molecule has 2 atom stereocenters. The number of phosphoric ester groups is 1. The molecule has 0 rings (SSSR count). The molecule has 41 heavy (non-hydrogen) atoms. The number of carbonyl (C=O) groups is 2. The molecule has 0 saturated carbocycles. The van der Waals surface area contributed by atoms with Gasteiger partial charge in [0.05, 0.1) is 27.7 Å². The molecule has 0 saturated heterocycles. The van der Waals surface area contributed by atoms with Crippen LogP contribution in [0.15, 0.2) is 24.3 Å². The molecular weight excluding hydrogens is 545 g/mol. The molecule has 9 nitrogen and oxygen atoms in total. The minimum Gasteiger partial charge on any atom is -0.462 e. The molecule has 0 aromatic rings. The Hall–Kier alpha value is -1.51. The Morgan fingerprint density at radius 1 is 0.756 bits per heavy atom. The molecule has 0 aliphatic rings. The largest absolute Gasteiger partial charge is 0.472 e. The predicted octanol–water partition coefficient (Wildman–Crippen LogP) is 7.28. The van der Waals surface area contributed by atoms with E-state index in [1.807, 2.05) is 28.1 Å². The number of phosphoric acid groups is 1. The maximum Gasteiger partial charge on any atom is 0.472 e. The van der Waals surface area contributed by atoms with E-state index >= 15 is 0 Å². The molecule has 0 fully saturated rings. The van der Waals surface area contributed by atoms with Gasteiger partial charge in [0.1, 0.15) is 19.8 Å². The van der Waals surface area contributed by atoms with Crippen molar-refractivity contribution in [1.82, 2.24) is 0 Å². The average molecular weight is 605 g/mol. The molecule has 240 valence electrons. The van der Waals surface area contributed by atoms with Gasteiger partial charge in [-0.25, -0.2) is 4.57 Å². The number of unbranched alkanes of at least 4 members (excludes halogenated alkanes) is 9. The van der Waals surface area contributed by atoms with Gasteiger partial charge in [0.2, 0.25) is 0 Å². The third-order valence-electron chi connectivity index (χ3n) is 6.23. The topological polar surface area (TPSA) is 108 Å². The molecular formula is C31H59NO8P+. The second-order valence-corrected chi connectivity index (χ2v) is 12.9. The summed E-state index contributed by atoms with van der Waals surface area (Å²) >= 11 is 0. The van der Waals surface area contributed by atoms with Crippen LogP contribution in [-0.4, -0.2) is 74.9 Å². The van der Waals surface area contributed by atoms with Crippen molar-refractivity contribution in [1.29, 1.82) is 0 Å². The molecule has 0 heterocycles. The summed E-state index contributed by atoms with van der Waals surface area (Å²) in [4.78, 5) is 34.5. The van der Waals surface area contributed by atoms with Crippen LogP contribution in [0.1, 0.15) is 110 Å². The van der Waals surface area contributed by atoms with Crippen molar-refractivity contribution < 1.29 is 42.1 Å². The van der Waals surface area contributed by atoms with Crippen LogP contribution in [0.2, 0.25) is 0 Å². The first kappa shape index (κ1) is 39.5. The van der Waals surface area contributed by atoms with Crippen molar-refractivity contribution in [2.24, 2.45) is 0 Å². The van der Waals surface area contributed by atoms with Crippen LogP contribution in [0.25, 0.3) is 0 Å². The van der Waals surface area contributed by atoms with Gasteiger partial charge >= 0.3 is 19.8 Å². The lowest BCUT2D eigenvalue weighted by Crippen LogP contribution is -2.37. The first-order chi connectivity index (χ1) is 19.5. The molecule has 2 unspecified atom stereocenters. The first-order valence-corrected chi connectivity index (χ1v) is 17.1. The van der Waals surface area contributed by atoms with E-state index < -0.39 is 32.5 Å².